The van der Waals surface area contributed by atoms with E-state index in [2.05, 4.69) is 15.3 Å². The van der Waals surface area contributed by atoms with Crippen LogP contribution in [0.5, 0.6) is 0 Å². The maximum atomic E-state index is 12.6. The van der Waals surface area contributed by atoms with Gasteiger partial charge in [0.05, 0.1) is 6.54 Å². The largest absolute Gasteiger partial charge is 0.357 e. The summed E-state index contributed by atoms with van der Waals surface area (Å²) in [6.07, 6.45) is 5.86. The van der Waals surface area contributed by atoms with Crippen LogP contribution in [0.3, 0.4) is 0 Å². The molecule has 26 heavy (non-hydrogen) atoms. The molecular weight excluding hydrogens is 334 g/mol. The number of likely N-dealkylation sites (N-methyl/N-ethyl adjacent to an activating group) is 1. The van der Waals surface area contributed by atoms with E-state index in [9.17, 15) is 9.59 Å². The molecule has 2 amide bonds. The molecule has 2 aromatic rings. The van der Waals surface area contributed by atoms with Crippen molar-refractivity contribution in [2.45, 2.75) is 31.1 Å². The number of carbonyl (C=O) groups is 2. The molecule has 0 aromatic carbocycles. The summed E-state index contributed by atoms with van der Waals surface area (Å²) in [4.78, 5) is 35.2. The Morgan fingerprint density at radius 2 is 2.04 bits per heavy atom. The average Bonchev–Trinajstić information content (AvgIpc) is 3.18. The van der Waals surface area contributed by atoms with Crippen molar-refractivity contribution in [3.8, 4) is 0 Å². The first kappa shape index (κ1) is 16.7. The Morgan fingerprint density at radius 1 is 1.23 bits per heavy atom. The topological polar surface area (TPSA) is 89.4 Å². The second kappa shape index (κ2) is 6.53. The van der Waals surface area contributed by atoms with Crippen LogP contribution in [-0.4, -0.2) is 57.5 Å². The third-order valence-corrected chi connectivity index (χ3v) is 5.13. The predicted molar refractivity (Wildman–Crippen MR) is 92.2 cm³/mol. The summed E-state index contributed by atoms with van der Waals surface area (Å²) < 4.78 is 8.22. The van der Waals surface area contributed by atoms with E-state index in [1.807, 2.05) is 10.8 Å². The monoisotopic (exact) mass is 355 g/mol. The summed E-state index contributed by atoms with van der Waals surface area (Å²) in [7, 11) is 1.61. The van der Waals surface area contributed by atoms with Gasteiger partial charge < -0.3 is 19.5 Å². The standard InChI is InChI=1S/C18H21N5O3/c1-19-15(24)14-12-23-11-8-21-17(23)18(26-14)5-9-22(10-6-18)16(25)13-4-2-3-7-20-13/h2-4,7-8,11,14H,5-6,9-10,12H2,1H3,(H,19,24)/t14-/m1/s1. The number of piperidine rings is 1. The number of carbonyl (C=O) groups excluding carboxylic acids is 2. The van der Waals surface area contributed by atoms with E-state index in [1.165, 1.54) is 0 Å². The molecule has 4 heterocycles. The normalized spacial score (nSPS) is 21.3. The van der Waals surface area contributed by atoms with Crippen LogP contribution in [0.25, 0.3) is 0 Å². The molecule has 1 spiro atoms. The number of pyridine rings is 1. The number of fused-ring (bicyclic) bond motifs is 2. The maximum absolute atomic E-state index is 12.6. The summed E-state index contributed by atoms with van der Waals surface area (Å²) in [6, 6.07) is 5.31. The highest BCUT2D eigenvalue weighted by Crippen LogP contribution is 2.40. The molecule has 0 saturated carbocycles. The quantitative estimate of drug-likeness (QED) is 0.850. The summed E-state index contributed by atoms with van der Waals surface area (Å²) in [5, 5.41) is 2.66. The maximum Gasteiger partial charge on any atom is 0.272 e. The lowest BCUT2D eigenvalue weighted by molar-refractivity contribution is -0.171. The summed E-state index contributed by atoms with van der Waals surface area (Å²) in [6.45, 7) is 1.51. The molecule has 1 N–H and O–H groups in total. The minimum absolute atomic E-state index is 0.0811. The number of imidazole rings is 1. The van der Waals surface area contributed by atoms with Gasteiger partial charge in [-0.15, -0.1) is 0 Å². The Bertz CT molecular complexity index is 811. The van der Waals surface area contributed by atoms with E-state index in [4.69, 9.17) is 4.74 Å². The Balaban J connectivity index is 1.54. The van der Waals surface area contributed by atoms with Crippen molar-refractivity contribution in [3.63, 3.8) is 0 Å². The molecule has 8 nitrogen and oxygen atoms in total. The van der Waals surface area contributed by atoms with Gasteiger partial charge in [-0.25, -0.2) is 4.98 Å². The van der Waals surface area contributed by atoms with Crippen LogP contribution in [-0.2, 0) is 21.7 Å². The molecule has 2 aromatic heterocycles. The Kier molecular flexibility index (Phi) is 4.20. The van der Waals surface area contributed by atoms with Crippen molar-refractivity contribution < 1.29 is 14.3 Å². The van der Waals surface area contributed by atoms with E-state index in [1.54, 1.807) is 42.5 Å². The van der Waals surface area contributed by atoms with Gasteiger partial charge in [-0.05, 0) is 12.1 Å². The number of likely N-dealkylation sites (tertiary alicyclic amines) is 1. The van der Waals surface area contributed by atoms with Gasteiger partial charge in [0.1, 0.15) is 17.1 Å². The van der Waals surface area contributed by atoms with Gasteiger partial charge in [0, 0.05) is 51.6 Å². The fourth-order valence-electron chi connectivity index (χ4n) is 3.76. The lowest BCUT2D eigenvalue weighted by Gasteiger charge is -2.45. The zero-order valence-corrected chi connectivity index (χ0v) is 14.6. The fourth-order valence-corrected chi connectivity index (χ4v) is 3.76. The first-order valence-corrected chi connectivity index (χ1v) is 8.74. The molecule has 0 radical (unpaired) electrons. The Morgan fingerprint density at radius 3 is 2.73 bits per heavy atom. The number of nitrogens with zero attached hydrogens (tertiary/aromatic N) is 4. The molecule has 4 rings (SSSR count). The van der Waals surface area contributed by atoms with E-state index in [0.29, 0.717) is 38.2 Å². The van der Waals surface area contributed by atoms with Gasteiger partial charge in [0.25, 0.3) is 11.8 Å². The first-order chi connectivity index (χ1) is 12.6. The van der Waals surface area contributed by atoms with E-state index >= 15 is 0 Å². The summed E-state index contributed by atoms with van der Waals surface area (Å²) >= 11 is 0. The highest BCUT2D eigenvalue weighted by Gasteiger charge is 2.47. The molecule has 136 valence electrons. The van der Waals surface area contributed by atoms with E-state index in [-0.39, 0.29) is 11.8 Å². The van der Waals surface area contributed by atoms with Crippen LogP contribution in [0, 0.1) is 0 Å². The minimum atomic E-state index is -0.639. The predicted octanol–water partition coefficient (Wildman–Crippen LogP) is 0.554. The number of ether oxygens (including phenoxy) is 1. The average molecular weight is 355 g/mol. The molecule has 2 aliphatic heterocycles. The van der Waals surface area contributed by atoms with Crippen molar-refractivity contribution >= 4 is 11.8 Å². The third-order valence-electron chi connectivity index (χ3n) is 5.13. The number of aromatic nitrogens is 3. The van der Waals surface area contributed by atoms with Crippen molar-refractivity contribution in [2.24, 2.45) is 0 Å². The summed E-state index contributed by atoms with van der Waals surface area (Å²) in [5.74, 6) is 0.612. The van der Waals surface area contributed by atoms with Crippen LogP contribution in [0.15, 0.2) is 36.8 Å². The minimum Gasteiger partial charge on any atom is -0.357 e. The van der Waals surface area contributed by atoms with Crippen molar-refractivity contribution in [1.82, 2.24) is 24.8 Å². The third kappa shape index (κ3) is 2.76. The molecular formula is C18H21N5O3. The van der Waals surface area contributed by atoms with E-state index < -0.39 is 11.7 Å². The molecule has 1 fully saturated rings. The Hall–Kier alpha value is -2.74. The van der Waals surface area contributed by atoms with Crippen LogP contribution >= 0.6 is 0 Å². The molecule has 1 saturated heterocycles. The van der Waals surface area contributed by atoms with Gasteiger partial charge in [0.2, 0.25) is 0 Å². The van der Waals surface area contributed by atoms with E-state index in [0.717, 1.165) is 5.82 Å². The molecule has 0 unspecified atom stereocenters. The van der Waals surface area contributed by atoms with Gasteiger partial charge in [-0.1, -0.05) is 6.07 Å². The number of hydrogen-bond acceptors (Lipinski definition) is 5. The van der Waals surface area contributed by atoms with Crippen molar-refractivity contribution in [3.05, 3.63) is 48.3 Å². The molecule has 2 aliphatic rings. The van der Waals surface area contributed by atoms with Crippen LogP contribution in [0.4, 0.5) is 0 Å². The Labute approximate surface area is 151 Å². The number of rotatable bonds is 2. The molecule has 1 atom stereocenters. The smallest absolute Gasteiger partial charge is 0.272 e. The van der Waals surface area contributed by atoms with Crippen LogP contribution in [0.1, 0.15) is 29.2 Å². The fraction of sp³-hybridized carbons (Fsp3) is 0.444. The zero-order chi connectivity index (χ0) is 18.1. The lowest BCUT2D eigenvalue weighted by atomic mass is 9.88. The number of hydrogen-bond donors (Lipinski definition) is 1. The first-order valence-electron chi connectivity index (χ1n) is 8.74. The number of amides is 2. The summed E-state index contributed by atoms with van der Waals surface area (Å²) in [5.41, 5.74) is -0.197. The van der Waals surface area contributed by atoms with Crippen LogP contribution in [0.2, 0.25) is 0 Å². The zero-order valence-electron chi connectivity index (χ0n) is 14.6. The second-order valence-corrected chi connectivity index (χ2v) is 6.63. The SMILES string of the molecule is CNC(=O)[C@H]1Cn2ccnc2C2(CCN(C(=O)c3ccccn3)CC2)O1. The highest BCUT2D eigenvalue weighted by molar-refractivity contribution is 5.92. The molecule has 0 bridgehead atoms. The van der Waals surface area contributed by atoms with Crippen LogP contribution < -0.4 is 5.32 Å². The van der Waals surface area contributed by atoms with Crippen molar-refractivity contribution in [2.75, 3.05) is 20.1 Å². The van der Waals surface area contributed by atoms with Gasteiger partial charge in [-0.3, -0.25) is 14.6 Å². The molecule has 0 aliphatic carbocycles. The second-order valence-electron chi connectivity index (χ2n) is 6.63. The number of nitrogens with one attached hydrogen (secondary N) is 1. The van der Waals surface area contributed by atoms with Gasteiger partial charge in [0.15, 0.2) is 6.10 Å². The molecule has 8 heteroatoms. The van der Waals surface area contributed by atoms with Crippen molar-refractivity contribution in [1.29, 1.82) is 0 Å². The lowest BCUT2D eigenvalue weighted by Crippen LogP contribution is -2.54. The van der Waals surface area contributed by atoms with Gasteiger partial charge in [-0.2, -0.15) is 0 Å². The van der Waals surface area contributed by atoms with Gasteiger partial charge >= 0.3 is 0 Å². The highest BCUT2D eigenvalue weighted by atomic mass is 16.5.